The molecule has 4 atom stereocenters. The fourth-order valence-electron chi connectivity index (χ4n) is 7.59. The average molecular weight is 668 g/mol. The van der Waals surface area contributed by atoms with Gasteiger partial charge in [-0.05, 0) is 73.4 Å². The van der Waals surface area contributed by atoms with Crippen molar-refractivity contribution in [3.63, 3.8) is 0 Å². The lowest BCUT2D eigenvalue weighted by molar-refractivity contribution is -0.348. The number of carbonyl (C=O) groups is 2. The van der Waals surface area contributed by atoms with Crippen molar-refractivity contribution in [3.8, 4) is 0 Å². The van der Waals surface area contributed by atoms with E-state index >= 15 is 4.39 Å². The predicted molar refractivity (Wildman–Crippen MR) is 143 cm³/mol. The zero-order chi connectivity index (χ0) is 33.2. The first-order valence-corrected chi connectivity index (χ1v) is 15.7. The van der Waals surface area contributed by atoms with Crippen LogP contribution in [0.1, 0.15) is 55.2 Å². The minimum Gasteiger partial charge on any atom is -0.388 e. The van der Waals surface area contributed by atoms with Gasteiger partial charge in [-0.2, -0.15) is 26.3 Å². The van der Waals surface area contributed by atoms with Crippen LogP contribution in [0.5, 0.6) is 0 Å². The summed E-state index contributed by atoms with van der Waals surface area (Å²) in [6, 6.07) is 4.64. The molecule has 0 bridgehead atoms. The lowest BCUT2D eigenvalue weighted by Gasteiger charge is -2.44. The molecule has 246 valence electrons. The molecule has 2 fully saturated rings. The van der Waals surface area contributed by atoms with Crippen LogP contribution in [0.25, 0.3) is 0 Å². The first-order chi connectivity index (χ1) is 20.8. The third-order valence-electron chi connectivity index (χ3n) is 9.72. The van der Waals surface area contributed by atoms with E-state index < -0.39 is 78.1 Å². The maximum absolute atomic E-state index is 15.0. The molecule has 0 aliphatic heterocycles. The maximum atomic E-state index is 15.0. The molecule has 2 aromatic carbocycles. The number of amides is 1. The second-order valence-electron chi connectivity index (χ2n) is 12.2. The van der Waals surface area contributed by atoms with Crippen LogP contribution >= 0.6 is 0 Å². The summed E-state index contributed by atoms with van der Waals surface area (Å²) in [6.07, 6.45) is -11.2. The second-order valence-corrected chi connectivity index (χ2v) is 14.3. The first kappa shape index (κ1) is 33.3. The summed E-state index contributed by atoms with van der Waals surface area (Å²) in [6.45, 7) is -0.147. The van der Waals surface area contributed by atoms with Gasteiger partial charge in [0.2, 0.25) is 5.91 Å². The van der Waals surface area contributed by atoms with Crippen LogP contribution < -0.4 is 5.32 Å². The Hall–Kier alpha value is -3.07. The normalized spacial score (nSPS) is 26.6. The first-order valence-electron chi connectivity index (χ1n) is 14.3. The van der Waals surface area contributed by atoms with Crippen molar-refractivity contribution in [2.75, 3.05) is 6.54 Å². The van der Waals surface area contributed by atoms with Crippen LogP contribution in [0.2, 0.25) is 0 Å². The smallest absolute Gasteiger partial charge is 0.388 e. The number of aldehydes is 1. The van der Waals surface area contributed by atoms with Gasteiger partial charge in [-0.3, -0.25) is 4.79 Å². The van der Waals surface area contributed by atoms with Crippen molar-refractivity contribution in [1.82, 2.24) is 5.32 Å². The maximum Gasteiger partial charge on any atom is 0.435 e. The molecule has 2 aromatic rings. The number of benzene rings is 2. The predicted octanol–water partition coefficient (Wildman–Crippen LogP) is 5.60. The van der Waals surface area contributed by atoms with Crippen molar-refractivity contribution in [3.05, 3.63) is 65.0 Å². The zero-order valence-electron chi connectivity index (χ0n) is 23.5. The van der Waals surface area contributed by atoms with Crippen molar-refractivity contribution >= 4 is 22.0 Å². The highest BCUT2D eigenvalue weighted by Crippen LogP contribution is 2.62. The van der Waals surface area contributed by atoms with Crippen molar-refractivity contribution in [2.24, 2.45) is 17.8 Å². The largest absolute Gasteiger partial charge is 0.435 e. The van der Waals surface area contributed by atoms with Crippen LogP contribution in [-0.2, 0) is 36.3 Å². The Balaban J connectivity index is 1.68. The Morgan fingerprint density at radius 1 is 0.978 bits per heavy atom. The van der Waals surface area contributed by atoms with E-state index in [0.29, 0.717) is 25.0 Å². The molecular formula is C30H29F8NO5S. The molecule has 45 heavy (non-hydrogen) atoms. The molecule has 15 heteroatoms. The lowest BCUT2D eigenvalue weighted by atomic mass is 9.70. The fraction of sp³-hybridized carbons (Fsp3) is 0.533. The number of fused-ring (bicyclic) bond motifs is 3. The lowest BCUT2D eigenvalue weighted by Crippen LogP contribution is -2.52. The van der Waals surface area contributed by atoms with Gasteiger partial charge in [0, 0.05) is 23.9 Å². The highest BCUT2D eigenvalue weighted by atomic mass is 32.2. The number of hydrogen-bond donors (Lipinski definition) is 2. The minimum absolute atomic E-state index is 0.147. The highest BCUT2D eigenvalue weighted by molar-refractivity contribution is 7.92. The van der Waals surface area contributed by atoms with Gasteiger partial charge in [0.25, 0.3) is 0 Å². The van der Waals surface area contributed by atoms with Gasteiger partial charge < -0.3 is 15.2 Å². The van der Waals surface area contributed by atoms with Crippen LogP contribution in [-0.4, -0.2) is 50.2 Å². The third-order valence-corrected chi connectivity index (χ3v) is 12.3. The molecule has 0 saturated heterocycles. The molecule has 0 aromatic heterocycles. The summed E-state index contributed by atoms with van der Waals surface area (Å²) >= 11 is 0. The number of nitrogens with one attached hydrogen (secondary N) is 1. The molecule has 0 heterocycles. The molecule has 0 spiro atoms. The number of aliphatic hydroxyl groups is 1. The number of hydrogen-bond acceptors (Lipinski definition) is 5. The molecule has 5 rings (SSSR count). The van der Waals surface area contributed by atoms with E-state index in [1.165, 1.54) is 0 Å². The molecule has 6 nitrogen and oxygen atoms in total. The number of alkyl halides is 7. The van der Waals surface area contributed by atoms with Gasteiger partial charge in [0.05, 0.1) is 10.5 Å². The molecule has 1 amide bonds. The Kier molecular flexibility index (Phi) is 8.16. The summed E-state index contributed by atoms with van der Waals surface area (Å²) in [7, 11) is -4.83. The average Bonchev–Trinajstić information content (AvgIpc) is 3.56. The van der Waals surface area contributed by atoms with Gasteiger partial charge in [-0.25, -0.2) is 17.2 Å². The highest BCUT2D eigenvalue weighted by Gasteiger charge is 2.74. The van der Waals surface area contributed by atoms with Gasteiger partial charge >= 0.3 is 18.0 Å². The van der Waals surface area contributed by atoms with Crippen LogP contribution in [0.3, 0.4) is 0 Å². The molecule has 0 radical (unpaired) electrons. The Bertz CT molecular complexity index is 1570. The van der Waals surface area contributed by atoms with Crippen LogP contribution in [0, 0.1) is 23.6 Å². The molecule has 2 saturated carbocycles. The number of aryl methyl sites for hydroxylation is 1. The monoisotopic (exact) mass is 667 g/mol. The zero-order valence-corrected chi connectivity index (χ0v) is 24.3. The van der Waals surface area contributed by atoms with Crippen molar-refractivity contribution in [2.45, 2.75) is 78.2 Å². The fourth-order valence-corrected chi connectivity index (χ4v) is 10.2. The summed E-state index contributed by atoms with van der Waals surface area (Å²) < 4.78 is 137. The summed E-state index contributed by atoms with van der Waals surface area (Å²) in [5.74, 6) is -5.39. The van der Waals surface area contributed by atoms with Crippen molar-refractivity contribution in [1.29, 1.82) is 0 Å². The number of sulfone groups is 1. The van der Waals surface area contributed by atoms with E-state index in [4.69, 9.17) is 0 Å². The van der Waals surface area contributed by atoms with Crippen molar-refractivity contribution < 1.29 is 58.2 Å². The Morgan fingerprint density at radius 3 is 2.13 bits per heavy atom. The Morgan fingerprint density at radius 2 is 1.58 bits per heavy atom. The van der Waals surface area contributed by atoms with E-state index in [9.17, 15) is 53.8 Å². The standard InChI is InChI=1S/C30H29F8NO5S/c31-20-5-7-21(8-6-20)45(43,44)27-19(15-40)14-22(25(41)39-16-26(42)11-1-2-12-26)24(27)9-3-17-13-18(4-10-23(17)27)28(32,29(33,34)35)30(36,37)38/h4-8,10,13,15,19,22,24,42H,1-3,9,11-12,14,16H2,(H,39,41)/t19?,22-,24+,27+/m1/s1. The van der Waals surface area contributed by atoms with E-state index in [-0.39, 0.29) is 49.3 Å². The van der Waals surface area contributed by atoms with Crippen LogP contribution in [0.4, 0.5) is 35.1 Å². The van der Waals surface area contributed by atoms with Gasteiger partial charge in [-0.1, -0.05) is 31.0 Å². The number of carbonyl (C=O) groups excluding carboxylic acids is 2. The van der Waals surface area contributed by atoms with Crippen LogP contribution in [0.15, 0.2) is 47.4 Å². The third kappa shape index (κ3) is 5.04. The number of halogens is 8. The van der Waals surface area contributed by atoms with Gasteiger partial charge in [-0.15, -0.1) is 0 Å². The topological polar surface area (TPSA) is 101 Å². The summed E-state index contributed by atoms with van der Waals surface area (Å²) in [5, 5.41) is 13.4. The molecule has 3 aliphatic carbocycles. The molecule has 3 aliphatic rings. The molecule has 1 unspecified atom stereocenters. The molecule has 2 N–H and O–H groups in total. The SMILES string of the molecule is O=CC1C[C@@H](C(=O)NCC2(O)CCCC2)[C@@H]2CCc3cc(C(F)(C(F)(F)F)C(F)(F)F)ccc3[C@@]12S(=O)(=O)c1ccc(F)cc1. The number of rotatable bonds is 7. The summed E-state index contributed by atoms with van der Waals surface area (Å²) in [5.41, 5.74) is -9.47. The minimum atomic E-state index is -6.42. The van der Waals surface area contributed by atoms with E-state index in [1.807, 2.05) is 0 Å². The van der Waals surface area contributed by atoms with E-state index in [0.717, 1.165) is 37.1 Å². The van der Waals surface area contributed by atoms with Gasteiger partial charge in [0.15, 0.2) is 9.84 Å². The quantitative estimate of drug-likeness (QED) is 0.228. The Labute approximate surface area is 253 Å². The van der Waals surface area contributed by atoms with E-state index in [2.05, 4.69) is 5.32 Å². The van der Waals surface area contributed by atoms with Gasteiger partial charge in [0.1, 0.15) is 16.9 Å². The second kappa shape index (κ2) is 11.0. The molecular weight excluding hydrogens is 638 g/mol. The van der Waals surface area contributed by atoms with E-state index in [1.54, 1.807) is 0 Å². The summed E-state index contributed by atoms with van der Waals surface area (Å²) in [4.78, 5) is 25.7.